The molecule has 1 heterocycles. The van der Waals surface area contributed by atoms with Gasteiger partial charge in [-0.1, -0.05) is 85.7 Å². The molecular weight excluding hydrogens is 707 g/mol. The molecule has 0 radical (unpaired) electrons. The molecule has 0 saturated carbocycles. The van der Waals surface area contributed by atoms with Crippen LogP contribution in [-0.4, -0.2) is 41.0 Å². The van der Waals surface area contributed by atoms with Crippen LogP contribution in [0.25, 0.3) is 21.8 Å². The zero-order valence-electron chi connectivity index (χ0n) is 28.2. The van der Waals surface area contributed by atoms with E-state index in [1.54, 1.807) is 48.5 Å². The lowest BCUT2D eigenvalue weighted by atomic mass is 9.98. The number of ketones is 1. The van der Waals surface area contributed by atoms with Gasteiger partial charge in [0.2, 0.25) is 0 Å². The zero-order chi connectivity index (χ0) is 36.9. The van der Waals surface area contributed by atoms with Crippen molar-refractivity contribution in [3.05, 3.63) is 111 Å². The van der Waals surface area contributed by atoms with Gasteiger partial charge in [-0.2, -0.15) is 8.78 Å². The Hall–Kier alpha value is -4.41. The molecule has 1 unspecified atom stereocenters. The molecule has 5 aromatic rings. The number of nitrogens with zero attached hydrogens (tertiary/aromatic N) is 2. The number of hydrogen-bond acceptors (Lipinski definition) is 5. The van der Waals surface area contributed by atoms with Gasteiger partial charge in [-0.25, -0.2) is 13.6 Å². The number of unbranched alkanes of at least 4 members (excludes halogenated alkanes) is 1. The number of rotatable bonds is 15. The lowest BCUT2D eigenvalue weighted by molar-refractivity contribution is -0.148. The fraction of sp³-hybridized carbons (Fsp3) is 0.308. The van der Waals surface area contributed by atoms with Gasteiger partial charge in [-0.3, -0.25) is 4.79 Å². The van der Waals surface area contributed by atoms with E-state index in [1.807, 2.05) is 12.1 Å². The van der Waals surface area contributed by atoms with Crippen molar-refractivity contribution >= 4 is 62.5 Å². The molecule has 51 heavy (non-hydrogen) atoms. The molecule has 0 saturated heterocycles. The van der Waals surface area contributed by atoms with Crippen LogP contribution in [0.4, 0.5) is 17.6 Å². The van der Waals surface area contributed by atoms with E-state index in [2.05, 4.69) is 23.6 Å². The third kappa shape index (κ3) is 8.39. The van der Waals surface area contributed by atoms with Gasteiger partial charge in [-0.15, -0.1) is 0 Å². The van der Waals surface area contributed by atoms with Crippen molar-refractivity contribution < 1.29 is 36.7 Å². The topological polar surface area (TPSA) is 69.9 Å². The van der Waals surface area contributed by atoms with Gasteiger partial charge in [0.15, 0.2) is 12.4 Å². The predicted octanol–water partition coefficient (Wildman–Crippen LogP) is 11.1. The molecule has 268 valence electrons. The van der Waals surface area contributed by atoms with Crippen LogP contribution < -0.4 is 4.74 Å². The number of fused-ring (bicyclic) bond motifs is 3. The number of para-hydroxylation sites is 1. The number of oxime groups is 1. The number of carbonyl (C=O) groups is 2. The van der Waals surface area contributed by atoms with E-state index in [0.717, 1.165) is 54.4 Å². The van der Waals surface area contributed by atoms with E-state index in [9.17, 15) is 27.2 Å². The summed E-state index contributed by atoms with van der Waals surface area (Å²) in [5.41, 5.74) is 2.83. The highest BCUT2D eigenvalue weighted by Gasteiger charge is 2.42. The summed E-state index contributed by atoms with van der Waals surface area (Å²) < 4.78 is 61.1. The largest absolute Gasteiger partial charge is 0.486 e. The monoisotopic (exact) mass is 742 g/mol. The minimum Gasteiger partial charge on any atom is -0.486 e. The average molecular weight is 744 g/mol. The number of halogens is 6. The van der Waals surface area contributed by atoms with Crippen molar-refractivity contribution in [2.45, 2.75) is 65.3 Å². The minimum absolute atomic E-state index is 0.0356. The van der Waals surface area contributed by atoms with Crippen molar-refractivity contribution in [3.63, 3.8) is 0 Å². The lowest BCUT2D eigenvalue weighted by Crippen LogP contribution is -2.34. The first-order valence-electron chi connectivity index (χ1n) is 16.5. The Labute approximate surface area is 302 Å². The maximum Gasteiger partial charge on any atom is 0.340 e. The predicted molar refractivity (Wildman–Crippen MR) is 193 cm³/mol. The number of carbonyl (C=O) groups excluding carboxylic acids is 2. The van der Waals surface area contributed by atoms with E-state index >= 15 is 0 Å². The second-order valence-corrected chi connectivity index (χ2v) is 13.1. The van der Waals surface area contributed by atoms with Gasteiger partial charge in [0.1, 0.15) is 11.5 Å². The summed E-state index contributed by atoms with van der Waals surface area (Å²) in [6.07, 6.45) is 0.213. The highest BCUT2D eigenvalue weighted by Crippen LogP contribution is 2.36. The van der Waals surface area contributed by atoms with Crippen LogP contribution in [-0.2, 0) is 16.2 Å². The van der Waals surface area contributed by atoms with Crippen molar-refractivity contribution in [3.8, 4) is 5.75 Å². The van der Waals surface area contributed by atoms with Crippen molar-refractivity contribution in [2.75, 3.05) is 6.61 Å². The Kier molecular flexibility index (Phi) is 12.1. The highest BCUT2D eigenvalue weighted by molar-refractivity contribution is 6.41. The molecule has 5 rings (SSSR count). The first kappa shape index (κ1) is 37.8. The van der Waals surface area contributed by atoms with Gasteiger partial charge in [0, 0.05) is 52.0 Å². The first-order chi connectivity index (χ1) is 24.4. The number of aromatic nitrogens is 1. The Balaban J connectivity index is 1.70. The van der Waals surface area contributed by atoms with Crippen LogP contribution in [0.3, 0.4) is 0 Å². The van der Waals surface area contributed by atoms with Gasteiger partial charge in [-0.05, 0) is 66.9 Å². The first-order valence-corrected chi connectivity index (χ1v) is 17.3. The second-order valence-electron chi connectivity index (χ2n) is 12.3. The summed E-state index contributed by atoms with van der Waals surface area (Å²) in [5.74, 6) is -5.30. The molecule has 0 aliphatic carbocycles. The fourth-order valence-electron chi connectivity index (χ4n) is 6.02. The smallest absolute Gasteiger partial charge is 0.340 e. The average Bonchev–Trinajstić information content (AvgIpc) is 3.41. The van der Waals surface area contributed by atoms with Crippen molar-refractivity contribution in [1.29, 1.82) is 0 Å². The standard InChI is InChI=1S/C39H36Cl2F4N2O4/c1-4-6-10-24(5-2)21-47-32-17-15-25(36(46-51-23(3)48)27-11-7-8-14-34(27)50-22-39(44,45)38(42)43)19-28(32)29-20-26(16-18-33(29)47)37(49)35-30(40)12-9-13-31(35)41/h7-9,11-20,24,38H,4-6,10,21-22H2,1-3H3/b46-36-. The number of ether oxygens (including phenoxy) is 1. The van der Waals surface area contributed by atoms with Crippen molar-refractivity contribution in [2.24, 2.45) is 11.1 Å². The molecule has 0 aliphatic rings. The molecule has 4 aromatic carbocycles. The fourth-order valence-corrected chi connectivity index (χ4v) is 6.59. The van der Waals surface area contributed by atoms with Crippen LogP contribution in [0.1, 0.15) is 73.5 Å². The van der Waals surface area contributed by atoms with Gasteiger partial charge in [0.25, 0.3) is 0 Å². The van der Waals surface area contributed by atoms with E-state index in [1.165, 1.54) is 18.2 Å². The summed E-state index contributed by atoms with van der Waals surface area (Å²) >= 11 is 12.8. The molecule has 12 heteroatoms. The second kappa shape index (κ2) is 16.3. The number of hydrogen-bond donors (Lipinski definition) is 0. The molecule has 6 nitrogen and oxygen atoms in total. The zero-order valence-corrected chi connectivity index (χ0v) is 29.7. The molecule has 1 atom stereocenters. The van der Waals surface area contributed by atoms with E-state index in [0.29, 0.717) is 23.6 Å². The van der Waals surface area contributed by atoms with Gasteiger partial charge < -0.3 is 14.1 Å². The minimum atomic E-state index is -4.40. The maximum absolute atomic E-state index is 13.9. The molecule has 0 N–H and O–H groups in total. The number of alkyl halides is 4. The SMILES string of the molecule is CCCCC(CC)Cn1c2ccc(C(=O)c3c(Cl)cccc3Cl)cc2c2cc(/C(=N/OC(C)=O)c3ccccc3OCC(F)(F)C(F)F)ccc21. The molecule has 0 fully saturated rings. The van der Waals surface area contributed by atoms with E-state index in [4.69, 9.17) is 32.8 Å². The quantitative estimate of drug-likeness (QED) is 0.0352. The third-order valence-electron chi connectivity index (χ3n) is 8.72. The number of benzene rings is 4. The molecule has 0 bridgehead atoms. The van der Waals surface area contributed by atoms with Crippen molar-refractivity contribution in [1.82, 2.24) is 4.57 Å². The summed E-state index contributed by atoms with van der Waals surface area (Å²) in [4.78, 5) is 30.7. The molecule has 0 aliphatic heterocycles. The Morgan fingerprint density at radius 1 is 0.882 bits per heavy atom. The van der Waals surface area contributed by atoms with Crippen LogP contribution in [0.2, 0.25) is 10.0 Å². The van der Waals surface area contributed by atoms with Crippen LogP contribution in [0.5, 0.6) is 5.75 Å². The van der Waals surface area contributed by atoms with E-state index < -0.39 is 24.9 Å². The molecular formula is C39H36Cl2F4N2O4. The summed E-state index contributed by atoms with van der Waals surface area (Å²) in [6, 6.07) is 21.6. The normalized spacial score (nSPS) is 12.9. The Bertz CT molecular complexity index is 2080. The van der Waals surface area contributed by atoms with Gasteiger partial charge >= 0.3 is 18.3 Å². The summed E-state index contributed by atoms with van der Waals surface area (Å²) in [5, 5.41) is 5.96. The molecule has 1 aromatic heterocycles. The Morgan fingerprint density at radius 2 is 1.51 bits per heavy atom. The van der Waals surface area contributed by atoms with Crippen LogP contribution in [0.15, 0.2) is 84.0 Å². The third-order valence-corrected chi connectivity index (χ3v) is 9.35. The summed E-state index contributed by atoms with van der Waals surface area (Å²) in [7, 11) is 0. The lowest BCUT2D eigenvalue weighted by Gasteiger charge is -2.18. The maximum atomic E-state index is 13.9. The van der Waals surface area contributed by atoms with E-state index in [-0.39, 0.29) is 38.4 Å². The highest BCUT2D eigenvalue weighted by atomic mass is 35.5. The van der Waals surface area contributed by atoms with Gasteiger partial charge in [0.05, 0.1) is 15.6 Å². The Morgan fingerprint density at radius 3 is 2.12 bits per heavy atom. The molecule has 0 amide bonds. The molecule has 0 spiro atoms. The van der Waals surface area contributed by atoms with Crippen LogP contribution in [0, 0.1) is 5.92 Å². The summed E-state index contributed by atoms with van der Waals surface area (Å²) in [6.45, 7) is 4.59. The van der Waals surface area contributed by atoms with Crippen LogP contribution >= 0.6 is 23.2 Å².